The maximum Gasteiger partial charge on any atom is 0.343 e. The molecule has 0 aliphatic carbocycles. The van der Waals surface area contributed by atoms with Gasteiger partial charge in [0, 0.05) is 10.0 Å². The highest BCUT2D eigenvalue weighted by molar-refractivity contribution is 9.10. The van der Waals surface area contributed by atoms with E-state index in [1.165, 1.54) is 6.21 Å². The summed E-state index contributed by atoms with van der Waals surface area (Å²) >= 11 is 3.29. The standard InChI is InChI=1S/C25H22BrN3O5/c1-2-33-21-12-8-18(9-13-21)25(32)34-22-10-6-17(7-11-22)15-28-29-23(30)16-27-24(31)19-4-3-5-20(26)14-19/h3-15H,2,16H2,1H3,(H,27,31)(H,29,30). The quantitative estimate of drug-likeness (QED) is 0.191. The number of hydrazone groups is 1. The predicted molar refractivity (Wildman–Crippen MR) is 131 cm³/mol. The zero-order chi connectivity index (χ0) is 24.3. The van der Waals surface area contributed by atoms with Gasteiger partial charge in [0.2, 0.25) is 0 Å². The summed E-state index contributed by atoms with van der Waals surface area (Å²) in [6.07, 6.45) is 1.44. The molecule has 0 heterocycles. The molecule has 0 atom stereocenters. The van der Waals surface area contributed by atoms with Crippen molar-refractivity contribution in [2.75, 3.05) is 13.2 Å². The van der Waals surface area contributed by atoms with Gasteiger partial charge in [-0.1, -0.05) is 22.0 Å². The monoisotopic (exact) mass is 523 g/mol. The van der Waals surface area contributed by atoms with E-state index in [1.807, 2.05) is 6.92 Å². The Bertz CT molecular complexity index is 1180. The number of hydrogen-bond acceptors (Lipinski definition) is 6. The summed E-state index contributed by atoms with van der Waals surface area (Å²) < 4.78 is 11.5. The van der Waals surface area contributed by atoms with Crippen LogP contribution in [0.5, 0.6) is 11.5 Å². The van der Waals surface area contributed by atoms with Crippen LogP contribution in [0, 0.1) is 0 Å². The van der Waals surface area contributed by atoms with E-state index in [4.69, 9.17) is 9.47 Å². The molecule has 0 spiro atoms. The van der Waals surface area contributed by atoms with Gasteiger partial charge in [-0.05, 0) is 79.2 Å². The van der Waals surface area contributed by atoms with Crippen molar-refractivity contribution in [2.24, 2.45) is 5.10 Å². The van der Waals surface area contributed by atoms with Gasteiger partial charge in [0.05, 0.1) is 24.9 Å². The zero-order valence-electron chi connectivity index (χ0n) is 18.3. The molecule has 0 aliphatic heterocycles. The van der Waals surface area contributed by atoms with Gasteiger partial charge in [-0.15, -0.1) is 0 Å². The van der Waals surface area contributed by atoms with Crippen LogP contribution in [0.15, 0.2) is 82.4 Å². The normalized spacial score (nSPS) is 10.5. The molecule has 9 heteroatoms. The van der Waals surface area contributed by atoms with E-state index >= 15 is 0 Å². The maximum absolute atomic E-state index is 12.3. The maximum atomic E-state index is 12.3. The number of halogens is 1. The van der Waals surface area contributed by atoms with Gasteiger partial charge < -0.3 is 14.8 Å². The third kappa shape index (κ3) is 7.56. The van der Waals surface area contributed by atoms with Crippen molar-refractivity contribution in [3.8, 4) is 11.5 Å². The lowest BCUT2D eigenvalue weighted by Crippen LogP contribution is -2.34. The Hall–Kier alpha value is -3.98. The molecular formula is C25H22BrN3O5. The number of benzene rings is 3. The molecule has 0 aromatic heterocycles. The highest BCUT2D eigenvalue weighted by Crippen LogP contribution is 2.16. The van der Waals surface area contributed by atoms with Crippen LogP contribution in [0.4, 0.5) is 0 Å². The molecule has 8 nitrogen and oxygen atoms in total. The molecule has 0 bridgehead atoms. The highest BCUT2D eigenvalue weighted by atomic mass is 79.9. The van der Waals surface area contributed by atoms with Crippen molar-refractivity contribution in [1.29, 1.82) is 0 Å². The van der Waals surface area contributed by atoms with Gasteiger partial charge in [-0.25, -0.2) is 10.2 Å². The van der Waals surface area contributed by atoms with Crippen LogP contribution >= 0.6 is 15.9 Å². The molecule has 2 N–H and O–H groups in total. The number of nitrogens with zero attached hydrogens (tertiary/aromatic N) is 1. The summed E-state index contributed by atoms with van der Waals surface area (Å²) in [6.45, 7) is 2.21. The number of esters is 1. The molecule has 0 radical (unpaired) electrons. The third-order valence-electron chi connectivity index (χ3n) is 4.39. The Morgan fingerprint density at radius 2 is 1.65 bits per heavy atom. The average Bonchev–Trinajstić information content (AvgIpc) is 2.84. The summed E-state index contributed by atoms with van der Waals surface area (Å²) in [5.74, 6) is -0.269. The van der Waals surface area contributed by atoms with Gasteiger partial charge in [-0.2, -0.15) is 5.10 Å². The van der Waals surface area contributed by atoms with Crippen LogP contribution in [0.1, 0.15) is 33.2 Å². The lowest BCUT2D eigenvalue weighted by atomic mass is 10.2. The minimum Gasteiger partial charge on any atom is -0.494 e. The van der Waals surface area contributed by atoms with Crippen LogP contribution in [0.3, 0.4) is 0 Å². The van der Waals surface area contributed by atoms with E-state index in [0.717, 1.165) is 4.47 Å². The predicted octanol–water partition coefficient (Wildman–Crippen LogP) is 3.95. The first-order valence-corrected chi connectivity index (χ1v) is 11.1. The molecule has 174 valence electrons. The van der Waals surface area contributed by atoms with Crippen molar-refractivity contribution in [1.82, 2.24) is 10.7 Å². The summed E-state index contributed by atoms with van der Waals surface area (Å²) in [7, 11) is 0. The fraction of sp³-hybridized carbons (Fsp3) is 0.120. The molecule has 0 saturated heterocycles. The molecule has 2 amide bonds. The second-order valence-corrected chi connectivity index (χ2v) is 7.82. The van der Waals surface area contributed by atoms with E-state index in [2.05, 4.69) is 31.8 Å². The molecule has 0 saturated carbocycles. The second kappa shape index (κ2) is 12.3. The molecule has 0 aliphatic rings. The SMILES string of the molecule is CCOc1ccc(C(=O)Oc2ccc(C=NNC(=O)CNC(=O)c3cccc(Br)c3)cc2)cc1. The first-order chi connectivity index (χ1) is 16.4. The number of ether oxygens (including phenoxy) is 2. The molecule has 34 heavy (non-hydrogen) atoms. The van der Waals surface area contributed by atoms with E-state index < -0.39 is 11.9 Å². The van der Waals surface area contributed by atoms with E-state index in [-0.39, 0.29) is 12.5 Å². The minimum absolute atomic E-state index is 0.219. The largest absolute Gasteiger partial charge is 0.494 e. The van der Waals surface area contributed by atoms with Crippen LogP contribution in [0.2, 0.25) is 0 Å². The van der Waals surface area contributed by atoms with Crippen LogP contribution in [-0.2, 0) is 4.79 Å². The van der Waals surface area contributed by atoms with Crippen LogP contribution in [0.25, 0.3) is 0 Å². The van der Waals surface area contributed by atoms with Gasteiger partial charge >= 0.3 is 5.97 Å². The smallest absolute Gasteiger partial charge is 0.343 e. The minimum atomic E-state index is -0.485. The fourth-order valence-corrected chi connectivity index (χ4v) is 3.15. The molecule has 0 unspecified atom stereocenters. The number of rotatable bonds is 9. The second-order valence-electron chi connectivity index (χ2n) is 6.90. The van der Waals surface area contributed by atoms with Gasteiger partial charge in [0.1, 0.15) is 11.5 Å². The number of hydrogen-bond donors (Lipinski definition) is 2. The topological polar surface area (TPSA) is 106 Å². The van der Waals surface area contributed by atoms with Gasteiger partial charge in [0.25, 0.3) is 11.8 Å². The Balaban J connectivity index is 1.44. The van der Waals surface area contributed by atoms with Crippen molar-refractivity contribution in [2.45, 2.75) is 6.92 Å². The number of nitrogens with one attached hydrogen (secondary N) is 2. The lowest BCUT2D eigenvalue weighted by Gasteiger charge is -2.06. The van der Waals surface area contributed by atoms with Gasteiger partial charge in [0.15, 0.2) is 0 Å². The van der Waals surface area contributed by atoms with Crippen molar-refractivity contribution in [3.63, 3.8) is 0 Å². The fourth-order valence-electron chi connectivity index (χ4n) is 2.75. The lowest BCUT2D eigenvalue weighted by molar-refractivity contribution is -0.120. The Morgan fingerprint density at radius 3 is 2.32 bits per heavy atom. The van der Waals surface area contributed by atoms with E-state index in [1.54, 1.807) is 72.8 Å². The summed E-state index contributed by atoms with van der Waals surface area (Å²) in [6, 6.07) is 20.1. The molecule has 3 aromatic carbocycles. The van der Waals surface area contributed by atoms with E-state index in [0.29, 0.717) is 34.8 Å². The van der Waals surface area contributed by atoms with Crippen LogP contribution < -0.4 is 20.2 Å². The molecule has 0 fully saturated rings. The first kappa shape index (κ1) is 24.7. The number of amides is 2. The number of carbonyl (C=O) groups excluding carboxylic acids is 3. The Morgan fingerprint density at radius 1 is 0.941 bits per heavy atom. The highest BCUT2D eigenvalue weighted by Gasteiger charge is 2.09. The number of carbonyl (C=O) groups is 3. The summed E-state index contributed by atoms with van der Waals surface area (Å²) in [5.41, 5.74) is 3.87. The Kier molecular flexibility index (Phi) is 8.93. The summed E-state index contributed by atoms with van der Waals surface area (Å²) in [4.78, 5) is 36.2. The summed E-state index contributed by atoms with van der Waals surface area (Å²) in [5, 5.41) is 6.39. The van der Waals surface area contributed by atoms with E-state index in [9.17, 15) is 14.4 Å². The average molecular weight is 524 g/mol. The first-order valence-electron chi connectivity index (χ1n) is 10.4. The molecule has 3 aromatic rings. The third-order valence-corrected chi connectivity index (χ3v) is 4.88. The van der Waals surface area contributed by atoms with Crippen LogP contribution in [-0.4, -0.2) is 37.1 Å². The van der Waals surface area contributed by atoms with Gasteiger partial charge in [-0.3, -0.25) is 9.59 Å². The van der Waals surface area contributed by atoms with Crippen molar-refractivity contribution < 1.29 is 23.9 Å². The van der Waals surface area contributed by atoms with Crippen molar-refractivity contribution >= 4 is 39.9 Å². The Labute approximate surface area is 205 Å². The van der Waals surface area contributed by atoms with Crippen molar-refractivity contribution in [3.05, 3.63) is 94.0 Å². The molecule has 3 rings (SSSR count). The molecular weight excluding hydrogens is 502 g/mol. The zero-order valence-corrected chi connectivity index (χ0v) is 19.9.